The molecule has 0 saturated carbocycles. The summed E-state index contributed by atoms with van der Waals surface area (Å²) < 4.78 is 47.6. The van der Waals surface area contributed by atoms with Gasteiger partial charge in [0.2, 0.25) is 0 Å². The molecule has 1 heterocycles. The summed E-state index contributed by atoms with van der Waals surface area (Å²) in [5.74, 6) is 0. The Balaban J connectivity index is 2.34. The minimum Gasteiger partial charge on any atom is -0.250 e. The average molecular weight is 301 g/mol. The molecule has 3 nitrogen and oxygen atoms in total. The van der Waals surface area contributed by atoms with Crippen molar-refractivity contribution in [3.05, 3.63) is 54.7 Å². The standard InChI is InChI=1S/C12H9F2NO2S2/c13-12(14,18-11-8-4-5-9-15-11)19(16,17)10-6-2-1-3-7-10/h1-9H. The number of aromatic nitrogens is 1. The van der Waals surface area contributed by atoms with Crippen LogP contribution in [0.4, 0.5) is 8.78 Å². The van der Waals surface area contributed by atoms with Crippen LogP contribution >= 0.6 is 11.8 Å². The summed E-state index contributed by atoms with van der Waals surface area (Å²) in [6, 6.07) is 11.0. The Labute approximate surface area is 113 Å². The third-order valence-corrected chi connectivity index (χ3v) is 5.34. The number of hydrogen-bond donors (Lipinski definition) is 0. The molecule has 0 N–H and O–H groups in total. The van der Waals surface area contributed by atoms with Gasteiger partial charge >= 0.3 is 4.59 Å². The second-order valence-corrected chi connectivity index (χ2v) is 6.93. The van der Waals surface area contributed by atoms with Gasteiger partial charge in [-0.1, -0.05) is 24.3 Å². The van der Waals surface area contributed by atoms with Crippen LogP contribution in [-0.4, -0.2) is 18.0 Å². The quantitative estimate of drug-likeness (QED) is 0.814. The van der Waals surface area contributed by atoms with Crippen LogP contribution in [0.5, 0.6) is 0 Å². The minimum absolute atomic E-state index is 0.0491. The maximum atomic E-state index is 13.9. The first-order valence-corrected chi connectivity index (χ1v) is 7.51. The molecule has 0 aliphatic heterocycles. The largest absolute Gasteiger partial charge is 0.403 e. The monoisotopic (exact) mass is 301 g/mol. The van der Waals surface area contributed by atoms with Gasteiger partial charge in [0.25, 0.3) is 9.84 Å². The van der Waals surface area contributed by atoms with Crippen molar-refractivity contribution < 1.29 is 17.2 Å². The van der Waals surface area contributed by atoms with E-state index < -0.39 is 19.3 Å². The molecular weight excluding hydrogens is 292 g/mol. The molecule has 2 rings (SSSR count). The van der Waals surface area contributed by atoms with Crippen molar-refractivity contribution in [2.75, 3.05) is 0 Å². The van der Waals surface area contributed by atoms with Crippen LogP contribution in [0.15, 0.2) is 64.6 Å². The van der Waals surface area contributed by atoms with E-state index in [1.165, 1.54) is 30.5 Å². The van der Waals surface area contributed by atoms with Crippen LogP contribution < -0.4 is 0 Å². The second kappa shape index (κ2) is 5.26. The molecule has 0 spiro atoms. The molecule has 1 aromatic heterocycles. The van der Waals surface area contributed by atoms with Gasteiger partial charge in [0.1, 0.15) is 5.03 Å². The molecule has 2 aromatic rings. The molecule has 0 aliphatic rings. The number of rotatable bonds is 4. The van der Waals surface area contributed by atoms with Crippen molar-refractivity contribution in [2.45, 2.75) is 14.5 Å². The fraction of sp³-hybridized carbons (Fsp3) is 0.0833. The zero-order valence-corrected chi connectivity index (χ0v) is 11.2. The van der Waals surface area contributed by atoms with E-state index >= 15 is 0 Å². The predicted octanol–water partition coefficient (Wildman–Crippen LogP) is 3.20. The van der Waals surface area contributed by atoms with E-state index in [4.69, 9.17) is 0 Å². The summed E-state index contributed by atoms with van der Waals surface area (Å²) in [4.78, 5) is 3.28. The molecule has 100 valence electrons. The third-order valence-electron chi connectivity index (χ3n) is 2.23. The smallest absolute Gasteiger partial charge is 0.250 e. The van der Waals surface area contributed by atoms with Gasteiger partial charge in [-0.25, -0.2) is 13.4 Å². The van der Waals surface area contributed by atoms with Gasteiger partial charge in [-0.05, 0) is 36.0 Å². The number of benzene rings is 1. The lowest BCUT2D eigenvalue weighted by Crippen LogP contribution is -2.25. The summed E-state index contributed by atoms with van der Waals surface area (Å²) >= 11 is -0.0847. The normalized spacial score (nSPS) is 12.3. The molecule has 0 bridgehead atoms. The lowest BCUT2D eigenvalue weighted by Gasteiger charge is -2.15. The number of nitrogens with zero attached hydrogens (tertiary/aromatic N) is 1. The van der Waals surface area contributed by atoms with Crippen LogP contribution in [0, 0.1) is 0 Å². The number of pyridine rings is 1. The molecule has 0 saturated heterocycles. The number of hydrogen-bond acceptors (Lipinski definition) is 4. The number of alkyl halides is 2. The fourth-order valence-electron chi connectivity index (χ4n) is 1.32. The topological polar surface area (TPSA) is 47.0 Å². The van der Waals surface area contributed by atoms with E-state index in [0.29, 0.717) is 0 Å². The summed E-state index contributed by atoms with van der Waals surface area (Å²) in [5.41, 5.74) is 0. The second-order valence-electron chi connectivity index (χ2n) is 3.55. The predicted molar refractivity (Wildman–Crippen MR) is 68.7 cm³/mol. The van der Waals surface area contributed by atoms with Gasteiger partial charge in [-0.15, -0.1) is 0 Å². The molecule has 7 heteroatoms. The molecule has 0 aliphatic carbocycles. The van der Waals surface area contributed by atoms with Gasteiger partial charge in [-0.3, -0.25) is 0 Å². The summed E-state index contributed by atoms with van der Waals surface area (Å²) in [6.07, 6.45) is 1.33. The van der Waals surface area contributed by atoms with Gasteiger partial charge in [0.05, 0.1) is 4.90 Å². The van der Waals surface area contributed by atoms with Crippen molar-refractivity contribution >= 4 is 21.6 Å². The highest BCUT2D eigenvalue weighted by Gasteiger charge is 2.47. The lowest BCUT2D eigenvalue weighted by atomic mass is 10.4. The summed E-state index contributed by atoms with van der Waals surface area (Å²) in [5, 5.41) is -0.0491. The van der Waals surface area contributed by atoms with E-state index in [2.05, 4.69) is 4.98 Å². The third kappa shape index (κ3) is 2.93. The van der Waals surface area contributed by atoms with Crippen LogP contribution in [0.25, 0.3) is 0 Å². The first kappa shape index (κ1) is 14.0. The molecule has 0 amide bonds. The number of halogens is 2. The van der Waals surface area contributed by atoms with E-state index in [0.717, 1.165) is 12.1 Å². The number of thioether (sulfide) groups is 1. The maximum absolute atomic E-state index is 13.9. The molecule has 19 heavy (non-hydrogen) atoms. The molecule has 0 fully saturated rings. The van der Waals surface area contributed by atoms with Gasteiger partial charge < -0.3 is 0 Å². The Morgan fingerprint density at radius 1 is 1.00 bits per heavy atom. The first-order valence-electron chi connectivity index (χ1n) is 5.21. The zero-order valence-electron chi connectivity index (χ0n) is 9.53. The first-order chi connectivity index (χ1) is 8.93. The van der Waals surface area contributed by atoms with Crippen LogP contribution in [0.1, 0.15) is 0 Å². The van der Waals surface area contributed by atoms with Crippen molar-refractivity contribution in [2.24, 2.45) is 0 Å². The van der Waals surface area contributed by atoms with Gasteiger partial charge in [-0.2, -0.15) is 8.78 Å². The van der Waals surface area contributed by atoms with Crippen molar-refractivity contribution in [3.8, 4) is 0 Å². The average Bonchev–Trinajstić information content (AvgIpc) is 2.40. The van der Waals surface area contributed by atoms with Crippen molar-refractivity contribution in [1.29, 1.82) is 0 Å². The van der Waals surface area contributed by atoms with Crippen LogP contribution in [0.3, 0.4) is 0 Å². The Morgan fingerprint density at radius 2 is 1.63 bits per heavy atom. The van der Waals surface area contributed by atoms with E-state index in [9.17, 15) is 17.2 Å². The number of sulfone groups is 1. The highest BCUT2D eigenvalue weighted by Crippen LogP contribution is 2.42. The Kier molecular flexibility index (Phi) is 3.86. The minimum atomic E-state index is -4.75. The van der Waals surface area contributed by atoms with Crippen LogP contribution in [0.2, 0.25) is 0 Å². The van der Waals surface area contributed by atoms with Crippen molar-refractivity contribution in [3.63, 3.8) is 0 Å². The van der Waals surface area contributed by atoms with E-state index in [-0.39, 0.29) is 16.8 Å². The van der Waals surface area contributed by atoms with E-state index in [1.54, 1.807) is 12.1 Å². The van der Waals surface area contributed by atoms with Gasteiger partial charge in [0, 0.05) is 6.20 Å². The fourth-order valence-corrected chi connectivity index (χ4v) is 3.60. The highest BCUT2D eigenvalue weighted by atomic mass is 32.3. The molecular formula is C12H9F2NO2S2. The van der Waals surface area contributed by atoms with Crippen LogP contribution in [-0.2, 0) is 9.84 Å². The van der Waals surface area contributed by atoms with Crippen molar-refractivity contribution in [1.82, 2.24) is 4.98 Å². The molecule has 0 atom stereocenters. The Bertz CT molecular complexity index is 646. The molecule has 0 unspecified atom stereocenters. The van der Waals surface area contributed by atoms with E-state index in [1.807, 2.05) is 0 Å². The zero-order chi connectivity index (χ0) is 13.9. The lowest BCUT2D eigenvalue weighted by molar-refractivity contribution is 0.195. The summed E-state index contributed by atoms with van der Waals surface area (Å²) in [6.45, 7) is 0. The Morgan fingerprint density at radius 3 is 2.21 bits per heavy atom. The summed E-state index contributed by atoms with van der Waals surface area (Å²) in [7, 11) is -4.75. The molecule has 0 radical (unpaired) electrons. The maximum Gasteiger partial charge on any atom is 0.403 e. The Hall–Kier alpha value is -1.47. The van der Waals surface area contributed by atoms with Gasteiger partial charge in [0.15, 0.2) is 0 Å². The SMILES string of the molecule is O=S(=O)(c1ccccc1)C(F)(F)Sc1ccccn1. The molecule has 1 aromatic carbocycles. The highest BCUT2D eigenvalue weighted by molar-refractivity contribution is 8.14.